The van der Waals surface area contributed by atoms with Crippen LogP contribution in [-0.2, 0) is 0 Å². The zero-order valence-corrected chi connectivity index (χ0v) is 12.5. The van der Waals surface area contributed by atoms with E-state index in [9.17, 15) is 0 Å². The minimum Gasteiger partial charge on any atom is -0.240 e. The molecule has 0 radical (unpaired) electrons. The molecule has 1 aliphatic rings. The molecule has 0 unspecified atom stereocenters. The number of benzene rings is 2. The molecule has 1 aliphatic heterocycles. The molecule has 0 bridgehead atoms. The number of rotatable bonds is 2. The minimum atomic E-state index is 0.206. The van der Waals surface area contributed by atoms with Gasteiger partial charge in [0.05, 0.1) is 17.4 Å². The van der Waals surface area contributed by atoms with Crippen LogP contribution >= 0.6 is 0 Å². The Morgan fingerprint density at radius 3 is 2.36 bits per heavy atom. The molecule has 1 atom stereocenters. The van der Waals surface area contributed by atoms with E-state index < -0.39 is 0 Å². The number of aromatic nitrogens is 2. The van der Waals surface area contributed by atoms with Crippen LogP contribution in [0.3, 0.4) is 0 Å². The topological polar surface area (TPSA) is 30.2 Å². The van der Waals surface area contributed by atoms with Crippen molar-refractivity contribution in [3.63, 3.8) is 0 Å². The molecule has 0 saturated carbocycles. The fourth-order valence-corrected chi connectivity index (χ4v) is 3.02. The summed E-state index contributed by atoms with van der Waals surface area (Å²) in [5, 5.41) is 4.65. The van der Waals surface area contributed by atoms with E-state index in [4.69, 9.17) is 4.99 Å². The van der Waals surface area contributed by atoms with Crippen LogP contribution in [-0.4, -0.2) is 15.5 Å². The number of hydrogen-bond acceptors (Lipinski definition) is 2. The standard InChI is InChI=1S/C19H17N3/c1-14-12-19-20-17(15-8-4-2-5-9-15)13-18(22(19)21-14)16-10-6-3-7-11-16/h2-12,18H,13H2,1H3/t18-/m1/s1. The van der Waals surface area contributed by atoms with Gasteiger partial charge in [-0.15, -0.1) is 0 Å². The first-order valence-corrected chi connectivity index (χ1v) is 7.55. The molecule has 0 aliphatic carbocycles. The molecule has 3 heteroatoms. The van der Waals surface area contributed by atoms with Crippen molar-refractivity contribution >= 4 is 11.5 Å². The summed E-state index contributed by atoms with van der Waals surface area (Å²) in [5.41, 5.74) is 4.60. The zero-order chi connectivity index (χ0) is 14.9. The van der Waals surface area contributed by atoms with Crippen molar-refractivity contribution in [2.45, 2.75) is 19.4 Å². The summed E-state index contributed by atoms with van der Waals surface area (Å²) in [4.78, 5) is 4.83. The lowest BCUT2D eigenvalue weighted by atomic mass is 9.96. The second kappa shape index (κ2) is 5.26. The van der Waals surface area contributed by atoms with Crippen molar-refractivity contribution in [1.82, 2.24) is 9.78 Å². The summed E-state index contributed by atoms with van der Waals surface area (Å²) >= 11 is 0. The Labute approximate surface area is 130 Å². The van der Waals surface area contributed by atoms with Gasteiger partial charge in [-0.25, -0.2) is 9.67 Å². The first-order valence-electron chi connectivity index (χ1n) is 7.55. The van der Waals surface area contributed by atoms with Gasteiger partial charge in [0.25, 0.3) is 0 Å². The van der Waals surface area contributed by atoms with E-state index in [1.807, 2.05) is 19.1 Å². The smallest absolute Gasteiger partial charge is 0.151 e. The molecule has 0 fully saturated rings. The molecule has 3 aromatic rings. The van der Waals surface area contributed by atoms with Gasteiger partial charge in [-0.05, 0) is 18.1 Å². The number of aryl methyl sites for hydroxylation is 1. The molecule has 1 aromatic heterocycles. The minimum absolute atomic E-state index is 0.206. The van der Waals surface area contributed by atoms with E-state index in [2.05, 4.69) is 64.4 Å². The van der Waals surface area contributed by atoms with E-state index in [-0.39, 0.29) is 6.04 Å². The van der Waals surface area contributed by atoms with Gasteiger partial charge in [0.15, 0.2) is 5.82 Å². The normalized spacial score (nSPS) is 17.0. The molecule has 0 spiro atoms. The van der Waals surface area contributed by atoms with Gasteiger partial charge in [0.2, 0.25) is 0 Å². The molecule has 108 valence electrons. The van der Waals surface area contributed by atoms with E-state index in [0.717, 1.165) is 23.6 Å². The van der Waals surface area contributed by atoms with E-state index in [0.29, 0.717) is 0 Å². The van der Waals surface area contributed by atoms with E-state index in [1.165, 1.54) is 11.1 Å². The Kier molecular flexibility index (Phi) is 3.11. The summed E-state index contributed by atoms with van der Waals surface area (Å²) < 4.78 is 2.05. The number of aliphatic imine (C=N–C) groups is 1. The lowest BCUT2D eigenvalue weighted by molar-refractivity contribution is 0.529. The highest BCUT2D eigenvalue weighted by molar-refractivity contribution is 6.03. The molecule has 2 aromatic carbocycles. The Morgan fingerprint density at radius 1 is 0.955 bits per heavy atom. The Hall–Kier alpha value is -2.68. The third-order valence-corrected chi connectivity index (χ3v) is 4.06. The van der Waals surface area contributed by atoms with Crippen LogP contribution < -0.4 is 0 Å². The maximum atomic E-state index is 4.83. The summed E-state index contributed by atoms with van der Waals surface area (Å²) in [7, 11) is 0. The van der Waals surface area contributed by atoms with Crippen molar-refractivity contribution in [2.24, 2.45) is 4.99 Å². The molecule has 4 rings (SSSR count). The summed E-state index contributed by atoms with van der Waals surface area (Å²) in [6.07, 6.45) is 0.863. The summed E-state index contributed by atoms with van der Waals surface area (Å²) in [6.45, 7) is 2.02. The van der Waals surface area contributed by atoms with Gasteiger partial charge in [-0.2, -0.15) is 5.10 Å². The molecule has 0 N–H and O–H groups in total. The Morgan fingerprint density at radius 2 is 1.64 bits per heavy atom. The van der Waals surface area contributed by atoms with Gasteiger partial charge in [0.1, 0.15) is 0 Å². The van der Waals surface area contributed by atoms with E-state index in [1.54, 1.807) is 0 Å². The van der Waals surface area contributed by atoms with Crippen LogP contribution in [0.15, 0.2) is 71.7 Å². The van der Waals surface area contributed by atoms with Crippen LogP contribution in [0.1, 0.15) is 29.3 Å². The van der Waals surface area contributed by atoms with Crippen molar-refractivity contribution in [1.29, 1.82) is 0 Å². The highest BCUT2D eigenvalue weighted by Gasteiger charge is 2.25. The highest BCUT2D eigenvalue weighted by atomic mass is 15.3. The molecular formula is C19H17N3. The third-order valence-electron chi connectivity index (χ3n) is 4.06. The van der Waals surface area contributed by atoms with Crippen LogP contribution in [0.4, 0.5) is 5.82 Å². The SMILES string of the molecule is Cc1cc2n(n1)[C@@H](c1ccccc1)CC(c1ccccc1)=N2. The third kappa shape index (κ3) is 2.25. The molecule has 2 heterocycles. The summed E-state index contributed by atoms with van der Waals surface area (Å²) in [6, 6.07) is 23.2. The van der Waals surface area contributed by atoms with Crippen molar-refractivity contribution in [3.05, 3.63) is 83.6 Å². The highest BCUT2D eigenvalue weighted by Crippen LogP contribution is 2.33. The summed E-state index contributed by atoms with van der Waals surface area (Å²) in [5.74, 6) is 0.941. The fourth-order valence-electron chi connectivity index (χ4n) is 3.02. The average Bonchev–Trinajstić information content (AvgIpc) is 2.95. The van der Waals surface area contributed by atoms with Gasteiger partial charge in [0, 0.05) is 12.5 Å². The lowest BCUT2D eigenvalue weighted by Crippen LogP contribution is -2.21. The largest absolute Gasteiger partial charge is 0.240 e. The molecule has 3 nitrogen and oxygen atoms in total. The van der Waals surface area contributed by atoms with Gasteiger partial charge < -0.3 is 0 Å². The van der Waals surface area contributed by atoms with Gasteiger partial charge >= 0.3 is 0 Å². The second-order valence-corrected chi connectivity index (χ2v) is 5.64. The molecule has 0 amide bonds. The quantitative estimate of drug-likeness (QED) is 0.691. The van der Waals surface area contributed by atoms with E-state index >= 15 is 0 Å². The maximum Gasteiger partial charge on any atom is 0.151 e. The van der Waals surface area contributed by atoms with Crippen LogP contribution in [0, 0.1) is 6.92 Å². The van der Waals surface area contributed by atoms with Gasteiger partial charge in [-0.1, -0.05) is 60.7 Å². The van der Waals surface area contributed by atoms with Crippen molar-refractivity contribution < 1.29 is 0 Å². The van der Waals surface area contributed by atoms with Crippen LogP contribution in [0.5, 0.6) is 0 Å². The van der Waals surface area contributed by atoms with Crippen LogP contribution in [0.25, 0.3) is 0 Å². The molecule has 0 saturated heterocycles. The number of nitrogens with zero attached hydrogens (tertiary/aromatic N) is 3. The predicted molar refractivity (Wildman–Crippen MR) is 88.8 cm³/mol. The lowest BCUT2D eigenvalue weighted by Gasteiger charge is -2.24. The molecule has 22 heavy (non-hydrogen) atoms. The number of fused-ring (bicyclic) bond motifs is 1. The average molecular weight is 287 g/mol. The van der Waals surface area contributed by atoms with Gasteiger partial charge in [-0.3, -0.25) is 0 Å². The van der Waals surface area contributed by atoms with Crippen LogP contribution in [0.2, 0.25) is 0 Å². The predicted octanol–water partition coefficient (Wildman–Crippen LogP) is 4.31. The Bertz CT molecular complexity index is 816. The number of hydrogen-bond donors (Lipinski definition) is 0. The first-order chi connectivity index (χ1) is 10.8. The fraction of sp³-hybridized carbons (Fsp3) is 0.158. The Balaban J connectivity index is 1.83. The molecular weight excluding hydrogens is 270 g/mol. The van der Waals surface area contributed by atoms with Crippen molar-refractivity contribution in [2.75, 3.05) is 0 Å². The second-order valence-electron chi connectivity index (χ2n) is 5.64. The first kappa shape index (κ1) is 13.0. The van der Waals surface area contributed by atoms with Crippen molar-refractivity contribution in [3.8, 4) is 0 Å². The maximum absolute atomic E-state index is 4.83. The zero-order valence-electron chi connectivity index (χ0n) is 12.5. The monoisotopic (exact) mass is 287 g/mol.